The average Bonchev–Trinajstić information content (AvgIpc) is 3.98. The number of hydrogen-bond donors (Lipinski definition) is 5. The van der Waals surface area contributed by atoms with E-state index in [0.29, 0.717) is 40.1 Å². The summed E-state index contributed by atoms with van der Waals surface area (Å²) in [7, 11) is 3.59. The lowest BCUT2D eigenvalue weighted by molar-refractivity contribution is -0.143. The highest BCUT2D eigenvalue weighted by Crippen LogP contribution is 2.53. The molecule has 4 fully saturated rings. The number of nitrogens with zero attached hydrogens (tertiary/aromatic N) is 8. The Kier molecular flexibility index (Phi) is 12.9. The van der Waals surface area contributed by atoms with Crippen LogP contribution in [0.3, 0.4) is 0 Å². The summed E-state index contributed by atoms with van der Waals surface area (Å²) in [6.07, 6.45) is 13.3. The predicted octanol–water partition coefficient (Wildman–Crippen LogP) is 9.09. The van der Waals surface area contributed by atoms with E-state index in [1.54, 1.807) is 15.6 Å². The van der Waals surface area contributed by atoms with Gasteiger partial charge in [-0.05, 0) is 72.2 Å². The number of esters is 1. The van der Waals surface area contributed by atoms with E-state index in [1.165, 1.54) is 7.11 Å². The number of terminal acetylenes is 1. The molecule has 77 heavy (non-hydrogen) atoms. The summed E-state index contributed by atoms with van der Waals surface area (Å²) in [5.41, 5.74) is 13.5. The molecule has 4 aromatic carbocycles. The molecule has 386 valence electrons. The van der Waals surface area contributed by atoms with E-state index in [4.69, 9.17) is 21.6 Å². The van der Waals surface area contributed by atoms with E-state index in [-0.39, 0.29) is 29.6 Å². The van der Waals surface area contributed by atoms with Crippen molar-refractivity contribution in [3.05, 3.63) is 155 Å². The van der Waals surface area contributed by atoms with Gasteiger partial charge in [-0.2, -0.15) is 10.2 Å². The van der Waals surface area contributed by atoms with Gasteiger partial charge in [0.2, 0.25) is 0 Å². The molecule has 2 saturated carbocycles. The molecule has 16 nitrogen and oxygen atoms in total. The first kappa shape index (κ1) is 50.1. The smallest absolute Gasteiger partial charge is 0.309 e. The number of hydrogen-bond acceptors (Lipinski definition) is 13. The minimum atomic E-state index is -1.64. The number of carbonyl (C=O) groups is 2. The van der Waals surface area contributed by atoms with Crippen LogP contribution in [0.4, 0.5) is 34.4 Å². The number of carbonyl (C=O) groups excluding carboxylic acids is 1. The maximum absolute atomic E-state index is 11.9. The Morgan fingerprint density at radius 2 is 1.09 bits per heavy atom. The van der Waals surface area contributed by atoms with Crippen LogP contribution in [0, 0.1) is 70.1 Å². The number of benzene rings is 4. The predicted molar refractivity (Wildman–Crippen MR) is 304 cm³/mol. The molecule has 2 saturated heterocycles. The third-order valence-corrected chi connectivity index (χ3v) is 16.0. The summed E-state index contributed by atoms with van der Waals surface area (Å²) < 4.78 is 8.47. The van der Waals surface area contributed by atoms with Crippen LogP contribution < -0.4 is 20.4 Å². The van der Waals surface area contributed by atoms with Crippen molar-refractivity contribution in [3.8, 4) is 23.8 Å². The highest BCUT2D eigenvalue weighted by atomic mass is 28.3. The molecule has 0 radical (unpaired) electrons. The first-order valence-corrected chi connectivity index (χ1v) is 29.1. The van der Waals surface area contributed by atoms with Gasteiger partial charge >= 0.3 is 11.9 Å². The Balaban J connectivity index is 0.000000165. The first-order valence-electron chi connectivity index (χ1n) is 25.6. The fraction of sp³-hybridized carbons (Fsp3) is 0.267. The minimum absolute atomic E-state index is 0.0391. The lowest BCUT2D eigenvalue weighted by Crippen LogP contribution is -2.27. The first-order chi connectivity index (χ1) is 37.1. The molecule has 0 bridgehead atoms. The molecule has 17 heteroatoms. The number of fused-ring (bicyclic) bond motifs is 4. The van der Waals surface area contributed by atoms with Gasteiger partial charge in [-0.15, -0.1) is 12.0 Å². The van der Waals surface area contributed by atoms with Gasteiger partial charge in [0, 0.05) is 96.8 Å². The highest BCUT2D eigenvalue weighted by Gasteiger charge is 2.61. The summed E-state index contributed by atoms with van der Waals surface area (Å²) in [5.74, 6) is 8.10. The third kappa shape index (κ3) is 9.89. The molecule has 4 aromatic heterocycles. The van der Waals surface area contributed by atoms with Crippen molar-refractivity contribution in [1.82, 2.24) is 29.5 Å². The summed E-state index contributed by atoms with van der Waals surface area (Å²) >= 11 is 0. The number of rotatable bonds is 12. The zero-order valence-electron chi connectivity index (χ0n) is 43.7. The SMILES string of the molecule is C#Cc1cccc(C(=N)c2cccc3nn(C)cc23)c1Nc1ccc(N2CC3C(C2)C3C(=O)O)nc1.COC(=O)C1C2CN(c3ccc(Nc4c(C#C[Si](C)(C)C)cccc4C(=N)c4cccc5nn(C)cc45)cn3)CC21. The number of ether oxygens (including phenoxy) is 1. The van der Waals surface area contributed by atoms with Gasteiger partial charge in [0.1, 0.15) is 19.7 Å². The normalized spacial score (nSPS) is 19.7. The van der Waals surface area contributed by atoms with Gasteiger partial charge < -0.3 is 30.3 Å². The quantitative estimate of drug-likeness (QED) is 0.0337. The lowest BCUT2D eigenvalue weighted by atomic mass is 9.96. The number of para-hydroxylation sites is 2. The van der Waals surface area contributed by atoms with E-state index in [9.17, 15) is 20.1 Å². The van der Waals surface area contributed by atoms with Gasteiger partial charge in [0.05, 0.1) is 76.5 Å². The Labute approximate surface area is 447 Å². The number of anilines is 6. The molecule has 2 aliphatic carbocycles. The number of carboxylic acids is 1. The zero-order chi connectivity index (χ0) is 53.9. The lowest BCUT2D eigenvalue weighted by Gasteiger charge is -2.21. The van der Waals surface area contributed by atoms with Crippen molar-refractivity contribution in [3.63, 3.8) is 0 Å². The van der Waals surface area contributed by atoms with E-state index in [2.05, 4.69) is 72.6 Å². The number of aliphatic carboxylic acids is 1. The number of aromatic nitrogens is 6. The fourth-order valence-corrected chi connectivity index (χ4v) is 11.7. The summed E-state index contributed by atoms with van der Waals surface area (Å²) in [4.78, 5) is 36.9. The van der Waals surface area contributed by atoms with E-state index >= 15 is 0 Å². The Bertz CT molecular complexity index is 3760. The molecular weight excluding hydrogens is 981 g/mol. The molecule has 4 aliphatic rings. The third-order valence-electron chi connectivity index (χ3n) is 15.1. The second-order valence-electron chi connectivity index (χ2n) is 21.4. The van der Waals surface area contributed by atoms with Gasteiger partial charge in [-0.1, -0.05) is 80.0 Å². The van der Waals surface area contributed by atoms with Crippen LogP contribution in [-0.2, 0) is 28.4 Å². The number of nitrogens with one attached hydrogen (secondary N) is 4. The van der Waals surface area contributed by atoms with Crippen molar-refractivity contribution < 1.29 is 19.4 Å². The molecule has 5 N–H and O–H groups in total. The molecule has 0 amide bonds. The molecule has 12 rings (SSSR count). The van der Waals surface area contributed by atoms with Crippen molar-refractivity contribution in [2.75, 3.05) is 53.7 Å². The molecule has 4 unspecified atom stereocenters. The van der Waals surface area contributed by atoms with Crippen molar-refractivity contribution in [1.29, 1.82) is 10.8 Å². The van der Waals surface area contributed by atoms with Gasteiger partial charge in [-0.25, -0.2) is 9.97 Å². The number of methoxy groups -OCH3 is 1. The van der Waals surface area contributed by atoms with Crippen LogP contribution in [0.1, 0.15) is 33.4 Å². The second kappa shape index (κ2) is 19.9. The Morgan fingerprint density at radius 1 is 0.649 bits per heavy atom. The van der Waals surface area contributed by atoms with Crippen molar-refractivity contribution in [2.24, 2.45) is 49.6 Å². The Morgan fingerprint density at radius 3 is 1.52 bits per heavy atom. The second-order valence-corrected chi connectivity index (χ2v) is 26.1. The minimum Gasteiger partial charge on any atom is -0.481 e. The average molecular weight is 1040 g/mol. The fourth-order valence-electron chi connectivity index (χ4n) is 11.2. The van der Waals surface area contributed by atoms with Gasteiger partial charge in [0.25, 0.3) is 0 Å². The van der Waals surface area contributed by atoms with Gasteiger partial charge in [0.15, 0.2) is 0 Å². The van der Waals surface area contributed by atoms with E-state index in [0.717, 1.165) is 98.9 Å². The van der Waals surface area contributed by atoms with Crippen LogP contribution in [0.25, 0.3) is 21.8 Å². The van der Waals surface area contributed by atoms with Gasteiger partial charge in [-0.3, -0.25) is 29.8 Å². The summed E-state index contributed by atoms with van der Waals surface area (Å²) in [6.45, 7) is 9.76. The molecule has 8 aromatic rings. The van der Waals surface area contributed by atoms with Crippen molar-refractivity contribution in [2.45, 2.75) is 19.6 Å². The van der Waals surface area contributed by atoms with Crippen molar-refractivity contribution >= 4 is 87.6 Å². The van der Waals surface area contributed by atoms with Crippen LogP contribution in [-0.4, -0.2) is 99.4 Å². The maximum atomic E-state index is 11.9. The topological polar surface area (TPSA) is 203 Å². The monoisotopic (exact) mass is 1040 g/mol. The molecule has 6 heterocycles. The van der Waals surface area contributed by atoms with E-state index < -0.39 is 14.0 Å². The largest absolute Gasteiger partial charge is 0.481 e. The zero-order valence-corrected chi connectivity index (χ0v) is 44.7. The molecule has 4 atom stereocenters. The number of aryl methyl sites for hydroxylation is 2. The van der Waals surface area contributed by atoms with Crippen LogP contribution in [0.15, 0.2) is 122 Å². The summed E-state index contributed by atoms with van der Waals surface area (Å²) in [6, 6.07) is 31.1. The number of pyridine rings is 2. The number of piperidine rings is 2. The standard InChI is InChI=1S/C32H34N6O2Si.C28H24N6O2/c1-37-17-24-22(9-7-11-27(24)36-37)30(33)23-10-6-8-20(14-15-41(3,4)5)31(23)35-21-12-13-28(34-16-21)38-18-25-26(19-38)29(25)32(39)40-2;1-3-16-6-4-8-19(26(29)18-7-5-9-23-20(18)13-33(2)32-23)27(16)31-17-10-11-24(30-12-17)34-14-21-22(15-34)25(21)28(35)36/h6-13,16-17,25-26,29,33,35H,18-19H2,1-5H3;1,4-13,21-22,25,29,31H,14-15H2,2H3,(H,35,36). The molecule has 2 aliphatic heterocycles. The number of carboxylic acid groups (broad SMARTS) is 1. The van der Waals surface area contributed by atoms with Crippen LogP contribution in [0.2, 0.25) is 19.6 Å². The summed E-state index contributed by atoms with van der Waals surface area (Å²) in [5, 5.41) is 45.4. The highest BCUT2D eigenvalue weighted by molar-refractivity contribution is 6.83. The maximum Gasteiger partial charge on any atom is 0.309 e. The Hall–Kier alpha value is -9.06. The van der Waals surface area contributed by atoms with Crippen LogP contribution >= 0.6 is 0 Å². The molecular formula is C60H58N12O4Si. The van der Waals surface area contributed by atoms with Crippen LogP contribution in [0.5, 0.6) is 0 Å². The van der Waals surface area contributed by atoms with E-state index in [1.807, 2.05) is 130 Å². The molecule has 0 spiro atoms.